The van der Waals surface area contributed by atoms with Crippen molar-refractivity contribution in [3.63, 3.8) is 0 Å². The lowest BCUT2D eigenvalue weighted by Crippen LogP contribution is -2.29. The average Bonchev–Trinajstić information content (AvgIpc) is 2.96. The van der Waals surface area contributed by atoms with Gasteiger partial charge in [-0.1, -0.05) is 25.5 Å². The van der Waals surface area contributed by atoms with E-state index in [2.05, 4.69) is 12.2 Å². The maximum absolute atomic E-state index is 12.6. The van der Waals surface area contributed by atoms with Gasteiger partial charge in [0.15, 0.2) is 0 Å². The summed E-state index contributed by atoms with van der Waals surface area (Å²) in [6, 6.07) is 7.69. The number of unbranched alkanes of at least 4 members (excludes halogenated alkanes) is 1. The van der Waals surface area contributed by atoms with Crippen molar-refractivity contribution in [1.29, 1.82) is 0 Å². The summed E-state index contributed by atoms with van der Waals surface area (Å²) in [6.07, 6.45) is 3.12. The molecule has 0 bridgehead atoms. The van der Waals surface area contributed by atoms with Crippen LogP contribution in [0.1, 0.15) is 36.5 Å². The predicted molar refractivity (Wildman–Crippen MR) is 80.9 cm³/mol. The maximum Gasteiger partial charge on any atom is 0.255 e. The Labute approximate surface area is 120 Å². The van der Waals surface area contributed by atoms with Crippen molar-refractivity contribution in [1.82, 2.24) is 4.90 Å². The molecule has 4 heteroatoms. The number of nitrogens with one attached hydrogen (secondary N) is 1. The van der Waals surface area contributed by atoms with Crippen LogP contribution in [0.4, 0.5) is 5.69 Å². The second-order valence-electron chi connectivity index (χ2n) is 5.41. The van der Waals surface area contributed by atoms with Crippen molar-refractivity contribution in [2.75, 3.05) is 31.6 Å². The van der Waals surface area contributed by atoms with Crippen molar-refractivity contribution in [3.05, 3.63) is 29.8 Å². The molecule has 2 N–H and O–H groups in total. The molecule has 0 aliphatic carbocycles. The summed E-state index contributed by atoms with van der Waals surface area (Å²) in [6.45, 7) is 4.62. The van der Waals surface area contributed by atoms with E-state index in [1.165, 1.54) is 0 Å². The Morgan fingerprint density at radius 3 is 2.95 bits per heavy atom. The number of carbonyl (C=O) groups is 1. The van der Waals surface area contributed by atoms with Gasteiger partial charge in [-0.05, 0) is 25.0 Å². The molecular weight excluding hydrogens is 252 g/mol. The molecular formula is C16H24N2O2. The first-order chi connectivity index (χ1) is 9.76. The summed E-state index contributed by atoms with van der Waals surface area (Å²) in [4.78, 5) is 14.4. The minimum absolute atomic E-state index is 0.0700. The molecule has 110 valence electrons. The summed E-state index contributed by atoms with van der Waals surface area (Å²) in [5.41, 5.74) is 1.65. The maximum atomic E-state index is 12.6. The summed E-state index contributed by atoms with van der Waals surface area (Å²) >= 11 is 0. The van der Waals surface area contributed by atoms with E-state index >= 15 is 0 Å². The molecule has 0 unspecified atom stereocenters. The van der Waals surface area contributed by atoms with Crippen LogP contribution in [-0.4, -0.2) is 42.2 Å². The van der Waals surface area contributed by atoms with Crippen LogP contribution in [0.3, 0.4) is 0 Å². The molecule has 1 atom stereocenters. The van der Waals surface area contributed by atoms with E-state index in [4.69, 9.17) is 0 Å². The van der Waals surface area contributed by atoms with E-state index in [1.54, 1.807) is 0 Å². The normalized spacial score (nSPS) is 18.3. The third kappa shape index (κ3) is 3.51. The highest BCUT2D eigenvalue weighted by Crippen LogP contribution is 2.22. The first-order valence-corrected chi connectivity index (χ1v) is 7.49. The third-order valence-corrected chi connectivity index (χ3v) is 3.83. The highest BCUT2D eigenvalue weighted by Gasteiger charge is 2.27. The number of carbonyl (C=O) groups excluding carboxylic acids is 1. The quantitative estimate of drug-likeness (QED) is 0.784. The fourth-order valence-electron chi connectivity index (χ4n) is 2.56. The lowest BCUT2D eigenvalue weighted by Gasteiger charge is -2.19. The summed E-state index contributed by atoms with van der Waals surface area (Å²) in [7, 11) is 0. The number of hydrogen-bond acceptors (Lipinski definition) is 3. The second-order valence-corrected chi connectivity index (χ2v) is 5.41. The monoisotopic (exact) mass is 276 g/mol. The van der Waals surface area contributed by atoms with E-state index in [9.17, 15) is 9.90 Å². The molecule has 0 aromatic heterocycles. The Hall–Kier alpha value is -1.55. The minimum Gasteiger partial charge on any atom is -0.396 e. The predicted octanol–water partition coefficient (Wildman–Crippen LogP) is 2.35. The number of hydrogen-bond donors (Lipinski definition) is 2. The number of amides is 1. The van der Waals surface area contributed by atoms with Crippen molar-refractivity contribution >= 4 is 11.6 Å². The number of benzene rings is 1. The van der Waals surface area contributed by atoms with Crippen LogP contribution in [-0.2, 0) is 0 Å². The summed E-state index contributed by atoms with van der Waals surface area (Å²) < 4.78 is 0. The average molecular weight is 276 g/mol. The zero-order valence-electron chi connectivity index (χ0n) is 12.1. The van der Waals surface area contributed by atoms with Crippen LogP contribution in [0.25, 0.3) is 0 Å². The molecule has 1 aromatic carbocycles. The van der Waals surface area contributed by atoms with Crippen LogP contribution < -0.4 is 5.32 Å². The molecule has 1 aliphatic rings. The molecule has 0 saturated carbocycles. The lowest BCUT2D eigenvalue weighted by molar-refractivity contribution is 0.0783. The van der Waals surface area contributed by atoms with Crippen LogP contribution in [0.2, 0.25) is 0 Å². The molecule has 4 nitrogen and oxygen atoms in total. The Morgan fingerprint density at radius 2 is 2.25 bits per heavy atom. The Bertz CT molecular complexity index is 448. The van der Waals surface area contributed by atoms with E-state index in [-0.39, 0.29) is 18.4 Å². The Morgan fingerprint density at radius 1 is 1.45 bits per heavy atom. The van der Waals surface area contributed by atoms with Crippen LogP contribution in [0, 0.1) is 5.92 Å². The molecule has 2 rings (SSSR count). The third-order valence-electron chi connectivity index (χ3n) is 3.83. The van der Waals surface area contributed by atoms with Gasteiger partial charge in [-0.3, -0.25) is 4.79 Å². The number of likely N-dealkylation sites (tertiary alicyclic amines) is 1. The highest BCUT2D eigenvalue weighted by molar-refractivity contribution is 5.99. The lowest BCUT2D eigenvalue weighted by atomic mass is 10.1. The topological polar surface area (TPSA) is 52.6 Å². The SMILES string of the molecule is CCCCNc1ccccc1C(=O)N1CC[C@H](CO)C1. The number of aliphatic hydroxyl groups is 1. The molecule has 1 aliphatic heterocycles. The number of para-hydroxylation sites is 1. The van der Waals surface area contributed by atoms with E-state index < -0.39 is 0 Å². The molecule has 1 saturated heterocycles. The molecule has 20 heavy (non-hydrogen) atoms. The zero-order chi connectivity index (χ0) is 14.4. The Kier molecular flexibility index (Phi) is 5.41. The van der Waals surface area contributed by atoms with Gasteiger partial charge in [-0.2, -0.15) is 0 Å². The Balaban J connectivity index is 2.05. The van der Waals surface area contributed by atoms with Gasteiger partial charge in [-0.15, -0.1) is 0 Å². The smallest absolute Gasteiger partial charge is 0.255 e. The van der Waals surface area contributed by atoms with Gasteiger partial charge in [0.05, 0.1) is 5.56 Å². The molecule has 0 radical (unpaired) electrons. The minimum atomic E-state index is 0.0700. The van der Waals surface area contributed by atoms with Gasteiger partial charge in [0, 0.05) is 37.8 Å². The number of anilines is 1. The van der Waals surface area contributed by atoms with Crippen molar-refractivity contribution in [2.45, 2.75) is 26.2 Å². The van der Waals surface area contributed by atoms with E-state index in [0.29, 0.717) is 6.54 Å². The standard InChI is InChI=1S/C16H24N2O2/c1-2-3-9-17-15-7-5-4-6-14(15)16(20)18-10-8-13(11-18)12-19/h4-7,13,17,19H,2-3,8-12H2,1H3/t13-/m0/s1. The summed E-state index contributed by atoms with van der Waals surface area (Å²) in [5, 5.41) is 12.5. The first-order valence-electron chi connectivity index (χ1n) is 7.49. The number of aliphatic hydroxyl groups excluding tert-OH is 1. The molecule has 1 amide bonds. The van der Waals surface area contributed by atoms with Gasteiger partial charge in [-0.25, -0.2) is 0 Å². The van der Waals surface area contributed by atoms with Gasteiger partial charge in [0.2, 0.25) is 0 Å². The van der Waals surface area contributed by atoms with Crippen LogP contribution in [0.15, 0.2) is 24.3 Å². The number of rotatable bonds is 6. The van der Waals surface area contributed by atoms with Gasteiger partial charge < -0.3 is 15.3 Å². The van der Waals surface area contributed by atoms with E-state index in [0.717, 1.165) is 43.6 Å². The molecule has 1 heterocycles. The van der Waals surface area contributed by atoms with Gasteiger partial charge in [0.25, 0.3) is 5.91 Å². The molecule has 1 aromatic rings. The van der Waals surface area contributed by atoms with Crippen LogP contribution >= 0.6 is 0 Å². The largest absolute Gasteiger partial charge is 0.396 e. The van der Waals surface area contributed by atoms with Crippen molar-refractivity contribution in [3.8, 4) is 0 Å². The molecule has 1 fully saturated rings. The summed E-state index contributed by atoms with van der Waals surface area (Å²) in [5.74, 6) is 0.305. The second kappa shape index (κ2) is 7.29. The van der Waals surface area contributed by atoms with Crippen molar-refractivity contribution in [2.24, 2.45) is 5.92 Å². The fourth-order valence-corrected chi connectivity index (χ4v) is 2.56. The van der Waals surface area contributed by atoms with Gasteiger partial charge >= 0.3 is 0 Å². The van der Waals surface area contributed by atoms with Gasteiger partial charge in [0.1, 0.15) is 0 Å². The number of nitrogens with zero attached hydrogens (tertiary/aromatic N) is 1. The highest BCUT2D eigenvalue weighted by atomic mass is 16.3. The zero-order valence-corrected chi connectivity index (χ0v) is 12.1. The van der Waals surface area contributed by atoms with Crippen LogP contribution in [0.5, 0.6) is 0 Å². The van der Waals surface area contributed by atoms with E-state index in [1.807, 2.05) is 29.2 Å². The molecule has 0 spiro atoms. The fraction of sp³-hybridized carbons (Fsp3) is 0.562. The van der Waals surface area contributed by atoms with Crippen molar-refractivity contribution < 1.29 is 9.90 Å². The first kappa shape index (κ1) is 14.9.